The molecule has 0 radical (unpaired) electrons. The van der Waals surface area contributed by atoms with Gasteiger partial charge in [-0.1, -0.05) is 18.2 Å². The number of rotatable bonds is 2. The monoisotopic (exact) mass is 374 g/mol. The molecule has 0 spiro atoms. The van der Waals surface area contributed by atoms with Gasteiger partial charge in [-0.2, -0.15) is 0 Å². The fourth-order valence-electron chi connectivity index (χ4n) is 3.97. The second-order valence-corrected chi connectivity index (χ2v) is 8.24. The first-order valence-electron chi connectivity index (χ1n) is 9.12. The molecule has 0 saturated carbocycles. The molecular weight excluding hydrogens is 356 g/mol. The minimum atomic E-state index is -0.199. The van der Waals surface area contributed by atoms with Crippen molar-refractivity contribution >= 4 is 39.1 Å². The topological polar surface area (TPSA) is 50.3 Å². The number of aromatic nitrogens is 1. The molecule has 2 amide bonds. The fourth-order valence-corrected chi connectivity index (χ4v) is 4.92. The van der Waals surface area contributed by atoms with Crippen LogP contribution in [0.25, 0.3) is 20.8 Å². The molecule has 5 rings (SSSR count). The van der Waals surface area contributed by atoms with Crippen molar-refractivity contribution in [1.82, 2.24) is 4.98 Å². The Kier molecular flexibility index (Phi) is 3.72. The number of hydrogen-bond donors (Lipinski definition) is 0. The van der Waals surface area contributed by atoms with E-state index in [4.69, 9.17) is 4.98 Å². The molecule has 3 aromatic rings. The molecule has 1 fully saturated rings. The Morgan fingerprint density at radius 2 is 1.63 bits per heavy atom. The molecule has 1 aromatic heterocycles. The normalized spacial score (nSPS) is 21.9. The molecular formula is C22H18N2O2S. The molecule has 1 saturated heterocycles. The van der Waals surface area contributed by atoms with E-state index < -0.39 is 0 Å². The standard InChI is InChI=1S/C22H18N2O2S/c1-13-6-11-19-18(12-13)23-20(27-19)14-7-9-15(10-8-14)24-21(25)16-4-2-3-5-17(16)22(24)26/h2-3,6-12,16-17H,4-5H2,1H3. The summed E-state index contributed by atoms with van der Waals surface area (Å²) in [6.45, 7) is 2.06. The van der Waals surface area contributed by atoms with Crippen LogP contribution in [0.2, 0.25) is 0 Å². The molecule has 4 nitrogen and oxygen atoms in total. The number of fused-ring (bicyclic) bond motifs is 2. The van der Waals surface area contributed by atoms with Gasteiger partial charge in [0.05, 0.1) is 27.7 Å². The first-order chi connectivity index (χ1) is 13.1. The molecule has 2 unspecified atom stereocenters. The molecule has 2 aromatic carbocycles. The number of imide groups is 1. The van der Waals surface area contributed by atoms with Crippen LogP contribution in [0.15, 0.2) is 54.6 Å². The SMILES string of the molecule is Cc1ccc2sc(-c3ccc(N4C(=O)C5CC=CCC5C4=O)cc3)nc2c1. The van der Waals surface area contributed by atoms with Crippen molar-refractivity contribution in [3.63, 3.8) is 0 Å². The number of thiazole rings is 1. The van der Waals surface area contributed by atoms with Gasteiger partial charge < -0.3 is 0 Å². The smallest absolute Gasteiger partial charge is 0.238 e. The highest BCUT2D eigenvalue weighted by Gasteiger charge is 2.47. The van der Waals surface area contributed by atoms with Gasteiger partial charge in [0.15, 0.2) is 0 Å². The Hall–Kier alpha value is -2.79. The number of carbonyl (C=O) groups is 2. The predicted molar refractivity (Wildman–Crippen MR) is 108 cm³/mol. The highest BCUT2D eigenvalue weighted by atomic mass is 32.1. The molecule has 2 aliphatic rings. The lowest BCUT2D eigenvalue weighted by Crippen LogP contribution is -2.30. The van der Waals surface area contributed by atoms with E-state index in [2.05, 4.69) is 25.1 Å². The summed E-state index contributed by atoms with van der Waals surface area (Å²) in [4.78, 5) is 31.5. The van der Waals surface area contributed by atoms with Gasteiger partial charge in [-0.3, -0.25) is 14.5 Å². The Morgan fingerprint density at radius 1 is 0.963 bits per heavy atom. The van der Waals surface area contributed by atoms with Crippen LogP contribution in [0.3, 0.4) is 0 Å². The molecule has 5 heteroatoms. The van der Waals surface area contributed by atoms with E-state index in [9.17, 15) is 9.59 Å². The number of carbonyl (C=O) groups excluding carboxylic acids is 2. The van der Waals surface area contributed by atoms with E-state index >= 15 is 0 Å². The average Bonchev–Trinajstić information content (AvgIpc) is 3.21. The summed E-state index contributed by atoms with van der Waals surface area (Å²) in [5, 5.41) is 0.944. The summed E-state index contributed by atoms with van der Waals surface area (Å²) >= 11 is 1.65. The van der Waals surface area contributed by atoms with Crippen molar-refractivity contribution in [2.45, 2.75) is 19.8 Å². The number of hydrogen-bond acceptors (Lipinski definition) is 4. The lowest BCUT2D eigenvalue weighted by Gasteiger charge is -2.15. The number of nitrogens with zero attached hydrogens (tertiary/aromatic N) is 2. The molecule has 27 heavy (non-hydrogen) atoms. The van der Waals surface area contributed by atoms with Crippen molar-refractivity contribution < 1.29 is 9.59 Å². The summed E-state index contributed by atoms with van der Waals surface area (Å²) in [5.41, 5.74) is 3.84. The van der Waals surface area contributed by atoms with Gasteiger partial charge in [-0.25, -0.2) is 4.98 Å². The summed E-state index contributed by atoms with van der Waals surface area (Å²) in [6.07, 6.45) is 5.34. The number of amides is 2. The van der Waals surface area contributed by atoms with Gasteiger partial charge in [-0.15, -0.1) is 11.3 Å². The summed E-state index contributed by atoms with van der Waals surface area (Å²) < 4.78 is 1.15. The van der Waals surface area contributed by atoms with Gasteiger partial charge in [0.1, 0.15) is 5.01 Å². The van der Waals surface area contributed by atoms with E-state index in [1.54, 1.807) is 11.3 Å². The zero-order chi connectivity index (χ0) is 18.5. The zero-order valence-electron chi connectivity index (χ0n) is 14.9. The maximum atomic E-state index is 12.7. The van der Waals surface area contributed by atoms with Gasteiger partial charge in [-0.05, 0) is 61.7 Å². The van der Waals surface area contributed by atoms with Crippen molar-refractivity contribution in [1.29, 1.82) is 0 Å². The van der Waals surface area contributed by atoms with Gasteiger partial charge in [0.2, 0.25) is 11.8 Å². The maximum absolute atomic E-state index is 12.7. The van der Waals surface area contributed by atoms with Crippen LogP contribution in [0.1, 0.15) is 18.4 Å². The highest BCUT2D eigenvalue weighted by Crippen LogP contribution is 2.38. The highest BCUT2D eigenvalue weighted by molar-refractivity contribution is 7.21. The van der Waals surface area contributed by atoms with Crippen LogP contribution in [0.4, 0.5) is 5.69 Å². The first-order valence-corrected chi connectivity index (χ1v) is 9.94. The quantitative estimate of drug-likeness (QED) is 0.481. The average molecular weight is 374 g/mol. The Morgan fingerprint density at radius 3 is 2.30 bits per heavy atom. The van der Waals surface area contributed by atoms with Crippen LogP contribution >= 0.6 is 11.3 Å². The van der Waals surface area contributed by atoms with Crippen molar-refractivity contribution in [3.05, 3.63) is 60.2 Å². The Bertz CT molecular complexity index is 1070. The molecule has 0 N–H and O–H groups in total. The number of anilines is 1. The van der Waals surface area contributed by atoms with E-state index in [1.807, 2.05) is 36.4 Å². The largest absolute Gasteiger partial charge is 0.274 e. The third-order valence-electron chi connectivity index (χ3n) is 5.42. The third-order valence-corrected chi connectivity index (χ3v) is 6.51. The molecule has 1 aliphatic carbocycles. The fraction of sp³-hybridized carbons (Fsp3) is 0.227. The lowest BCUT2D eigenvalue weighted by molar-refractivity contribution is -0.122. The Labute approximate surface area is 161 Å². The summed E-state index contributed by atoms with van der Waals surface area (Å²) in [6, 6.07) is 13.9. The second kappa shape index (κ2) is 6.13. The Balaban J connectivity index is 1.46. The number of allylic oxidation sites excluding steroid dienone is 2. The van der Waals surface area contributed by atoms with Crippen LogP contribution in [0, 0.1) is 18.8 Å². The predicted octanol–water partition coefficient (Wildman–Crippen LogP) is 4.73. The summed E-state index contributed by atoms with van der Waals surface area (Å²) in [5.74, 6) is -0.542. The van der Waals surface area contributed by atoms with Gasteiger partial charge >= 0.3 is 0 Å². The van der Waals surface area contributed by atoms with Gasteiger partial charge in [0.25, 0.3) is 0 Å². The summed E-state index contributed by atoms with van der Waals surface area (Å²) in [7, 11) is 0. The zero-order valence-corrected chi connectivity index (χ0v) is 15.7. The second-order valence-electron chi connectivity index (χ2n) is 7.20. The van der Waals surface area contributed by atoms with E-state index in [0.717, 1.165) is 20.8 Å². The van der Waals surface area contributed by atoms with Crippen LogP contribution in [-0.4, -0.2) is 16.8 Å². The van der Waals surface area contributed by atoms with Crippen molar-refractivity contribution in [2.75, 3.05) is 4.90 Å². The third kappa shape index (κ3) is 2.61. The van der Waals surface area contributed by atoms with Crippen LogP contribution in [-0.2, 0) is 9.59 Å². The van der Waals surface area contributed by atoms with Gasteiger partial charge in [0, 0.05) is 5.56 Å². The van der Waals surface area contributed by atoms with E-state index in [-0.39, 0.29) is 23.7 Å². The lowest BCUT2D eigenvalue weighted by atomic mass is 9.85. The molecule has 2 heterocycles. The van der Waals surface area contributed by atoms with E-state index in [0.29, 0.717) is 18.5 Å². The molecule has 1 aliphatic heterocycles. The minimum absolute atomic E-state index is 0.0717. The van der Waals surface area contributed by atoms with Crippen molar-refractivity contribution in [2.24, 2.45) is 11.8 Å². The van der Waals surface area contributed by atoms with Crippen LogP contribution in [0.5, 0.6) is 0 Å². The maximum Gasteiger partial charge on any atom is 0.238 e. The minimum Gasteiger partial charge on any atom is -0.274 e. The van der Waals surface area contributed by atoms with E-state index in [1.165, 1.54) is 10.5 Å². The first kappa shape index (κ1) is 16.4. The molecule has 2 atom stereocenters. The van der Waals surface area contributed by atoms with Crippen LogP contribution < -0.4 is 4.90 Å². The molecule has 0 bridgehead atoms. The molecule has 134 valence electrons. The van der Waals surface area contributed by atoms with Crippen molar-refractivity contribution in [3.8, 4) is 10.6 Å². The number of benzene rings is 2. The number of aryl methyl sites for hydroxylation is 1.